The van der Waals surface area contributed by atoms with Crippen LogP contribution in [0.15, 0.2) is 144 Å². The summed E-state index contributed by atoms with van der Waals surface area (Å²) in [6.45, 7) is 9.01. The number of para-hydroxylation sites is 1. The van der Waals surface area contributed by atoms with Crippen LogP contribution < -0.4 is 57.3 Å². The van der Waals surface area contributed by atoms with Crippen LogP contribution >= 0.6 is 0 Å². The number of hydrogen-bond acceptors (Lipinski definition) is 22. The number of rotatable bonds is 22. The molecular formula is C59H60N20O2. The first-order valence-electron chi connectivity index (χ1n) is 27.0. The van der Waals surface area contributed by atoms with Crippen LogP contribution in [-0.2, 0) is 32.2 Å². The molecule has 3 aliphatic rings. The van der Waals surface area contributed by atoms with Crippen molar-refractivity contribution >= 4 is 93.3 Å². The molecule has 0 saturated heterocycles. The minimum absolute atomic E-state index is 0.0306. The van der Waals surface area contributed by atoms with Gasteiger partial charge in [0.1, 0.15) is 0 Å². The molecule has 2 atom stereocenters. The predicted molar refractivity (Wildman–Crippen MR) is 317 cm³/mol. The molecule has 22 heteroatoms. The number of aromatic nitrogens is 9. The van der Waals surface area contributed by atoms with Crippen molar-refractivity contribution in [2.45, 2.75) is 84.5 Å². The minimum Gasteiger partial charge on any atom is -0.454 e. The number of aryl methyl sites for hydroxylation is 2. The molecule has 9 aromatic rings. The molecule has 6 aromatic carbocycles. The van der Waals surface area contributed by atoms with Crippen molar-refractivity contribution < 1.29 is 9.47 Å². The van der Waals surface area contributed by atoms with E-state index in [9.17, 15) is 0 Å². The van der Waals surface area contributed by atoms with Gasteiger partial charge in [-0.05, 0) is 155 Å². The SMILES string of the molecule is CC(C)Nc1nc(Nc2ccc(CC(C)Nc3nc(Nc4ccc(CC(C)Nc5nc(Nc6ccccc6)nc(Nc6ccc7c(c6)CCC7)n5)cc4)nc(Nc4ccc5c(c4)OCO5)n3)cc2)nc(Nc2ccc3c(c2)N=NC3)n1. The molecule has 81 heavy (non-hydrogen) atoms. The van der Waals surface area contributed by atoms with Crippen molar-refractivity contribution in [3.63, 3.8) is 0 Å². The highest BCUT2D eigenvalue weighted by Gasteiger charge is 2.19. The van der Waals surface area contributed by atoms with Gasteiger partial charge in [-0.2, -0.15) is 55.1 Å². The molecule has 0 fully saturated rings. The molecule has 5 heterocycles. The summed E-state index contributed by atoms with van der Waals surface area (Å²) in [6.07, 6.45) is 4.74. The van der Waals surface area contributed by atoms with Gasteiger partial charge in [0, 0.05) is 63.9 Å². The van der Waals surface area contributed by atoms with Crippen LogP contribution in [0, 0.1) is 0 Å². The Kier molecular flexibility index (Phi) is 14.9. The van der Waals surface area contributed by atoms with E-state index < -0.39 is 0 Å². The number of hydrogen-bond donors (Lipinski definition) is 9. The molecule has 9 N–H and O–H groups in total. The fourth-order valence-corrected chi connectivity index (χ4v) is 9.59. The Morgan fingerprint density at radius 2 is 0.827 bits per heavy atom. The summed E-state index contributed by atoms with van der Waals surface area (Å²) < 4.78 is 11.2. The van der Waals surface area contributed by atoms with E-state index in [0.29, 0.717) is 84.4 Å². The maximum atomic E-state index is 5.65. The second kappa shape index (κ2) is 23.4. The molecule has 0 radical (unpaired) electrons. The molecule has 0 spiro atoms. The van der Waals surface area contributed by atoms with Gasteiger partial charge in [0.05, 0.1) is 12.2 Å². The van der Waals surface area contributed by atoms with E-state index in [0.717, 1.165) is 69.3 Å². The smallest absolute Gasteiger partial charge is 0.233 e. The van der Waals surface area contributed by atoms with Gasteiger partial charge >= 0.3 is 0 Å². The van der Waals surface area contributed by atoms with E-state index >= 15 is 0 Å². The van der Waals surface area contributed by atoms with Gasteiger partial charge in [0.2, 0.25) is 60.3 Å². The van der Waals surface area contributed by atoms with Crippen LogP contribution in [0.25, 0.3) is 0 Å². The summed E-state index contributed by atoms with van der Waals surface area (Å²) in [6, 6.07) is 44.2. The van der Waals surface area contributed by atoms with Crippen LogP contribution in [0.5, 0.6) is 11.5 Å². The molecule has 3 aromatic heterocycles. The van der Waals surface area contributed by atoms with Crippen LogP contribution in [0.2, 0.25) is 0 Å². The molecular weight excluding hydrogens is 1020 g/mol. The lowest BCUT2D eigenvalue weighted by Gasteiger charge is -2.17. The summed E-state index contributed by atoms with van der Waals surface area (Å²) in [7, 11) is 0. The van der Waals surface area contributed by atoms with Crippen LogP contribution in [0.4, 0.5) is 93.3 Å². The quantitative estimate of drug-likeness (QED) is 0.0305. The van der Waals surface area contributed by atoms with Gasteiger partial charge < -0.3 is 57.3 Å². The molecule has 22 nitrogen and oxygen atoms in total. The van der Waals surface area contributed by atoms with Gasteiger partial charge in [-0.25, -0.2) is 0 Å². The van der Waals surface area contributed by atoms with Gasteiger partial charge in [-0.15, -0.1) is 0 Å². The van der Waals surface area contributed by atoms with Crippen molar-refractivity contribution in [3.05, 3.63) is 161 Å². The van der Waals surface area contributed by atoms with E-state index in [-0.39, 0.29) is 24.9 Å². The molecule has 1 aliphatic carbocycles. The Hall–Kier alpha value is -10.3. The van der Waals surface area contributed by atoms with E-state index in [1.807, 2.05) is 105 Å². The molecule has 408 valence electrons. The average Bonchev–Trinajstić information content (AvgIpc) is 4.26. The molecule has 0 amide bonds. The lowest BCUT2D eigenvalue weighted by atomic mass is 10.1. The highest BCUT2D eigenvalue weighted by molar-refractivity contribution is 5.67. The fourth-order valence-electron chi connectivity index (χ4n) is 9.59. The maximum Gasteiger partial charge on any atom is 0.233 e. The maximum absolute atomic E-state index is 5.65. The van der Waals surface area contributed by atoms with Crippen molar-refractivity contribution in [2.24, 2.45) is 10.2 Å². The zero-order valence-electron chi connectivity index (χ0n) is 45.1. The number of fused-ring (bicyclic) bond motifs is 3. The Bertz CT molecular complexity index is 3720. The van der Waals surface area contributed by atoms with Crippen molar-refractivity contribution in [1.29, 1.82) is 0 Å². The van der Waals surface area contributed by atoms with Gasteiger partial charge in [-0.1, -0.05) is 54.6 Å². The van der Waals surface area contributed by atoms with E-state index in [1.165, 1.54) is 17.5 Å². The Balaban J connectivity index is 0.707. The summed E-state index contributed by atoms with van der Waals surface area (Å²) in [4.78, 5) is 42.6. The Morgan fingerprint density at radius 1 is 0.395 bits per heavy atom. The fraction of sp³-hybridized carbons (Fsp3) is 0.237. The van der Waals surface area contributed by atoms with E-state index in [1.54, 1.807) is 0 Å². The Morgan fingerprint density at radius 3 is 1.38 bits per heavy atom. The highest BCUT2D eigenvalue weighted by atomic mass is 16.7. The number of nitrogens with one attached hydrogen (secondary N) is 9. The third kappa shape index (κ3) is 13.4. The number of ether oxygens (including phenoxy) is 2. The number of azo groups is 1. The molecule has 2 unspecified atom stereocenters. The highest BCUT2D eigenvalue weighted by Crippen LogP contribution is 2.36. The molecule has 0 bridgehead atoms. The largest absolute Gasteiger partial charge is 0.454 e. The molecule has 0 saturated carbocycles. The van der Waals surface area contributed by atoms with Gasteiger partial charge in [-0.3, -0.25) is 0 Å². The number of nitrogens with zero attached hydrogens (tertiary/aromatic N) is 11. The monoisotopic (exact) mass is 1080 g/mol. The first kappa shape index (κ1) is 51.5. The zero-order valence-corrected chi connectivity index (χ0v) is 45.1. The Labute approximate surface area is 468 Å². The van der Waals surface area contributed by atoms with Gasteiger partial charge in [0.25, 0.3) is 0 Å². The van der Waals surface area contributed by atoms with E-state index in [2.05, 4.69) is 129 Å². The molecule has 12 rings (SSSR count). The normalized spacial score (nSPS) is 13.4. The van der Waals surface area contributed by atoms with E-state index in [4.69, 9.17) is 39.4 Å². The first-order chi connectivity index (χ1) is 39.6. The predicted octanol–water partition coefficient (Wildman–Crippen LogP) is 12.4. The van der Waals surface area contributed by atoms with Crippen molar-refractivity contribution in [2.75, 3.05) is 54.6 Å². The minimum atomic E-state index is -0.0774. The summed E-state index contributed by atoms with van der Waals surface area (Å²) >= 11 is 0. The van der Waals surface area contributed by atoms with Crippen LogP contribution in [0.3, 0.4) is 0 Å². The zero-order chi connectivity index (χ0) is 55.1. The second-order valence-corrected chi connectivity index (χ2v) is 20.4. The topological polar surface area (TPSA) is 267 Å². The van der Waals surface area contributed by atoms with Crippen molar-refractivity contribution in [1.82, 2.24) is 44.9 Å². The lowest BCUT2D eigenvalue weighted by Crippen LogP contribution is -2.21. The second-order valence-electron chi connectivity index (χ2n) is 20.4. The third-order valence-corrected chi connectivity index (χ3v) is 13.4. The van der Waals surface area contributed by atoms with Crippen LogP contribution in [-0.4, -0.2) is 69.8 Å². The first-order valence-corrected chi connectivity index (χ1v) is 27.0. The number of benzene rings is 6. The molecule has 2 aliphatic heterocycles. The van der Waals surface area contributed by atoms with Crippen molar-refractivity contribution in [3.8, 4) is 11.5 Å². The standard InChI is InChI=1S/C59H60N20O2/c1-34(2)61-51-70-55(77-58(71-51)68-46-24-18-41-32-60-79-48(41)30-46)65-43-19-13-37(14-20-43)28-36(4)63-53-73-56(78-59(75-53)69-47-25-26-49-50(31-47)81-33-80-49)66-44-21-15-38(16-22-44)27-35(3)62-52-72-54(64-42-11-6-5-7-12-42)76-57(74-52)67-45-23-17-39-9-8-10-40(39)29-45/h5-7,11-26,29-31,34-36H,8-10,27-28,32-33H2,1-4H3,(H3,61,65,68,70,71,77)(H3,62,64,67,72,74,76)(H3,63,66,69,73,75,78). The third-order valence-electron chi connectivity index (χ3n) is 13.4. The average molecular weight is 1080 g/mol. The number of anilines is 15. The lowest BCUT2D eigenvalue weighted by molar-refractivity contribution is 0.174. The summed E-state index contributed by atoms with van der Waals surface area (Å²) in [5.41, 5.74) is 11.9. The summed E-state index contributed by atoms with van der Waals surface area (Å²) in [5.74, 6) is 4.94. The van der Waals surface area contributed by atoms with Gasteiger partial charge in [0.15, 0.2) is 11.5 Å². The van der Waals surface area contributed by atoms with Crippen LogP contribution in [0.1, 0.15) is 61.9 Å². The summed E-state index contributed by atoms with van der Waals surface area (Å²) in [5, 5.41) is 38.8.